The third-order valence-corrected chi connectivity index (χ3v) is 7.81. The molecule has 5 heteroatoms. The van der Waals surface area contributed by atoms with Crippen molar-refractivity contribution in [1.29, 1.82) is 0 Å². The van der Waals surface area contributed by atoms with E-state index < -0.39 is 11.8 Å². The lowest BCUT2D eigenvalue weighted by molar-refractivity contribution is -0.127. The number of anilines is 1. The van der Waals surface area contributed by atoms with Gasteiger partial charge in [-0.15, -0.1) is 0 Å². The number of ether oxygens (including phenoxy) is 2. The summed E-state index contributed by atoms with van der Waals surface area (Å²) in [6.07, 6.45) is 8.73. The Balaban J connectivity index is 1.40. The van der Waals surface area contributed by atoms with Crippen molar-refractivity contribution in [2.24, 2.45) is 5.92 Å². The van der Waals surface area contributed by atoms with Gasteiger partial charge in [-0.1, -0.05) is 81.1 Å². The number of esters is 1. The van der Waals surface area contributed by atoms with Gasteiger partial charge >= 0.3 is 5.97 Å². The third kappa shape index (κ3) is 6.35. The molecule has 0 atom stereocenters. The fourth-order valence-electron chi connectivity index (χ4n) is 5.59. The van der Waals surface area contributed by atoms with Gasteiger partial charge in [0.1, 0.15) is 11.3 Å². The van der Waals surface area contributed by atoms with Crippen LogP contribution in [0.3, 0.4) is 0 Å². The molecule has 1 heterocycles. The zero-order valence-electron chi connectivity index (χ0n) is 23.4. The van der Waals surface area contributed by atoms with Gasteiger partial charge in [0.15, 0.2) is 0 Å². The minimum atomic E-state index is -1.05. The second-order valence-corrected chi connectivity index (χ2v) is 11.3. The van der Waals surface area contributed by atoms with Crippen molar-refractivity contribution < 1.29 is 19.1 Å². The Morgan fingerprint density at radius 1 is 0.872 bits per heavy atom. The first kappa shape index (κ1) is 27.0. The molecule has 3 aromatic carbocycles. The van der Waals surface area contributed by atoms with Gasteiger partial charge in [0.05, 0.1) is 6.54 Å². The van der Waals surface area contributed by atoms with E-state index in [-0.39, 0.29) is 11.8 Å². The van der Waals surface area contributed by atoms with E-state index in [2.05, 4.69) is 55.5 Å². The number of unbranched alkanes of at least 4 members (excludes halogenated alkanes) is 1. The van der Waals surface area contributed by atoms with Crippen LogP contribution in [-0.4, -0.2) is 17.7 Å². The topological polar surface area (TPSA) is 55.8 Å². The lowest BCUT2D eigenvalue weighted by Gasteiger charge is -2.33. The van der Waals surface area contributed by atoms with Crippen LogP contribution in [0.5, 0.6) is 5.75 Å². The molecule has 1 aliphatic heterocycles. The second kappa shape index (κ2) is 11.6. The molecule has 1 fully saturated rings. The molecule has 0 N–H and O–H groups in total. The average Bonchev–Trinajstić information content (AvgIpc) is 2.94. The molecule has 0 bridgehead atoms. The molecule has 204 valence electrons. The molecule has 2 aliphatic rings. The van der Waals surface area contributed by atoms with Crippen molar-refractivity contribution >= 4 is 17.6 Å². The molecule has 1 amide bonds. The number of hydrogen-bond donors (Lipinski definition) is 0. The number of nitrogens with zero attached hydrogens (tertiary/aromatic N) is 1. The van der Waals surface area contributed by atoms with Crippen LogP contribution in [0.15, 0.2) is 66.7 Å². The predicted molar refractivity (Wildman–Crippen MR) is 155 cm³/mol. The molecular weight excluding hydrogens is 486 g/mol. The van der Waals surface area contributed by atoms with Crippen molar-refractivity contribution in [2.75, 3.05) is 4.90 Å². The van der Waals surface area contributed by atoms with E-state index in [4.69, 9.17) is 9.47 Å². The van der Waals surface area contributed by atoms with E-state index in [0.717, 1.165) is 48.9 Å². The quantitative estimate of drug-likeness (QED) is 0.279. The molecule has 5 nitrogen and oxygen atoms in total. The number of aryl methyl sites for hydroxylation is 1. The Morgan fingerprint density at radius 3 is 2.15 bits per heavy atom. The summed E-state index contributed by atoms with van der Waals surface area (Å²) in [5.41, 5.74) is 5.91. The van der Waals surface area contributed by atoms with Crippen molar-refractivity contribution in [3.63, 3.8) is 0 Å². The molecule has 0 aromatic heterocycles. The smallest absolute Gasteiger partial charge is 0.345 e. The monoisotopic (exact) mass is 525 g/mol. The summed E-state index contributed by atoms with van der Waals surface area (Å²) >= 11 is 0. The summed E-state index contributed by atoms with van der Waals surface area (Å²) in [6, 6.07) is 22.7. The molecular formula is C34H39NO4. The lowest BCUT2D eigenvalue weighted by Crippen LogP contribution is -2.39. The van der Waals surface area contributed by atoms with Crippen LogP contribution in [0, 0.1) is 5.92 Å². The summed E-state index contributed by atoms with van der Waals surface area (Å²) in [5, 5.41) is 0. The minimum absolute atomic E-state index is 0.0163. The highest BCUT2D eigenvalue weighted by Gasteiger charge is 2.35. The third-order valence-electron chi connectivity index (χ3n) is 7.81. The predicted octanol–water partition coefficient (Wildman–Crippen LogP) is 8.10. The van der Waals surface area contributed by atoms with Crippen LogP contribution in [-0.2, 0) is 22.5 Å². The zero-order valence-corrected chi connectivity index (χ0v) is 23.4. The van der Waals surface area contributed by atoms with Crippen LogP contribution in [0.2, 0.25) is 0 Å². The number of amides is 1. The van der Waals surface area contributed by atoms with Gasteiger partial charge in [-0.2, -0.15) is 0 Å². The maximum absolute atomic E-state index is 13.9. The molecule has 39 heavy (non-hydrogen) atoms. The lowest BCUT2D eigenvalue weighted by atomic mass is 9.88. The van der Waals surface area contributed by atoms with Crippen molar-refractivity contribution in [3.05, 3.63) is 83.4 Å². The summed E-state index contributed by atoms with van der Waals surface area (Å²) in [5.74, 6) is -0.855. The molecule has 1 aliphatic carbocycles. The first-order valence-electron chi connectivity index (χ1n) is 14.4. The van der Waals surface area contributed by atoms with Gasteiger partial charge in [-0.3, -0.25) is 4.79 Å². The fraction of sp³-hybridized carbons (Fsp3) is 0.412. The minimum Gasteiger partial charge on any atom is -0.452 e. The first-order chi connectivity index (χ1) is 18.8. The normalized spacial score (nSPS) is 16.6. The average molecular weight is 526 g/mol. The Kier molecular flexibility index (Phi) is 8.06. The largest absolute Gasteiger partial charge is 0.452 e. The fourth-order valence-corrected chi connectivity index (χ4v) is 5.59. The highest BCUT2D eigenvalue weighted by molar-refractivity contribution is 5.98. The van der Waals surface area contributed by atoms with Crippen LogP contribution >= 0.6 is 0 Å². The summed E-state index contributed by atoms with van der Waals surface area (Å²) in [7, 11) is 0. The first-order valence-corrected chi connectivity index (χ1v) is 14.4. The highest BCUT2D eigenvalue weighted by Crippen LogP contribution is 2.36. The van der Waals surface area contributed by atoms with Gasteiger partial charge in [0.2, 0.25) is 11.7 Å². The van der Waals surface area contributed by atoms with E-state index in [1.165, 1.54) is 30.4 Å². The van der Waals surface area contributed by atoms with Crippen molar-refractivity contribution in [3.8, 4) is 16.9 Å². The van der Waals surface area contributed by atoms with Crippen LogP contribution in [0.25, 0.3) is 11.1 Å². The Morgan fingerprint density at radius 2 is 1.51 bits per heavy atom. The second-order valence-electron chi connectivity index (χ2n) is 11.3. The molecule has 5 rings (SSSR count). The zero-order chi connectivity index (χ0) is 27.4. The maximum Gasteiger partial charge on any atom is 0.345 e. The number of rotatable bonds is 8. The molecule has 0 spiro atoms. The number of carbonyl (C=O) groups is 2. The highest BCUT2D eigenvalue weighted by atomic mass is 16.7. The van der Waals surface area contributed by atoms with Gasteiger partial charge in [0.25, 0.3) is 0 Å². The number of hydrogen-bond acceptors (Lipinski definition) is 4. The van der Waals surface area contributed by atoms with E-state index >= 15 is 0 Å². The number of benzene rings is 3. The summed E-state index contributed by atoms with van der Waals surface area (Å²) in [6.45, 7) is 6.10. The molecule has 0 unspecified atom stereocenters. The van der Waals surface area contributed by atoms with E-state index in [9.17, 15) is 9.59 Å². The van der Waals surface area contributed by atoms with E-state index in [0.29, 0.717) is 17.9 Å². The number of fused-ring (bicyclic) bond motifs is 1. The standard InChI is InChI=1S/C34H39NO4/c1-4-5-9-24-12-16-26(17-13-24)27-18-14-25(15-19-27)23-35(32(36)28-10-7-6-8-11-28)29-20-21-30-31(22-29)38-34(2,3)39-33(30)37/h12-22,28H,4-11,23H2,1-3H3. The Hall–Kier alpha value is -3.60. The molecule has 3 aromatic rings. The van der Waals surface area contributed by atoms with Gasteiger partial charge < -0.3 is 14.4 Å². The van der Waals surface area contributed by atoms with Gasteiger partial charge in [0, 0.05) is 31.5 Å². The summed E-state index contributed by atoms with van der Waals surface area (Å²) in [4.78, 5) is 28.2. The van der Waals surface area contributed by atoms with Crippen LogP contribution in [0.4, 0.5) is 5.69 Å². The Bertz CT molecular complexity index is 1300. The van der Waals surface area contributed by atoms with Crippen LogP contribution < -0.4 is 9.64 Å². The van der Waals surface area contributed by atoms with Gasteiger partial charge in [-0.05, 0) is 60.1 Å². The molecule has 1 saturated carbocycles. The van der Waals surface area contributed by atoms with E-state index in [1.807, 2.05) is 17.0 Å². The summed E-state index contributed by atoms with van der Waals surface area (Å²) < 4.78 is 11.3. The SMILES string of the molecule is CCCCc1ccc(-c2ccc(CN(C(=O)C3CCCCC3)c3ccc4c(c3)OC(C)(C)OC4=O)cc2)cc1. The molecule has 0 saturated heterocycles. The van der Waals surface area contributed by atoms with Gasteiger partial charge in [-0.25, -0.2) is 4.79 Å². The van der Waals surface area contributed by atoms with Crippen LogP contribution in [0.1, 0.15) is 87.2 Å². The molecule has 0 radical (unpaired) electrons. The number of carbonyl (C=O) groups excluding carboxylic acids is 2. The van der Waals surface area contributed by atoms with Crippen molar-refractivity contribution in [2.45, 2.75) is 84.5 Å². The Labute approximate surface area is 232 Å². The number of cyclic esters (lactones) is 1. The maximum atomic E-state index is 13.9. The van der Waals surface area contributed by atoms with Crippen molar-refractivity contribution in [1.82, 2.24) is 0 Å². The van der Waals surface area contributed by atoms with E-state index in [1.54, 1.807) is 19.9 Å².